The topological polar surface area (TPSA) is 152 Å². The van der Waals surface area contributed by atoms with Gasteiger partial charge in [-0.15, -0.1) is 12.6 Å². The summed E-state index contributed by atoms with van der Waals surface area (Å²) >= 11 is 0. The summed E-state index contributed by atoms with van der Waals surface area (Å²) in [4.78, 5) is 9.00. The summed E-state index contributed by atoms with van der Waals surface area (Å²) < 4.78 is 25.3. The molecule has 7 nitrogen and oxygen atoms in total. The van der Waals surface area contributed by atoms with Gasteiger partial charge >= 0.3 is 16.6 Å². The molecule has 0 aliphatic rings. The maximum absolute atomic E-state index is 9.00. The Hall–Kier alpha value is -1.15. The van der Waals surface area contributed by atoms with Gasteiger partial charge in [0.2, 0.25) is 0 Å². The van der Waals surface area contributed by atoms with Crippen LogP contribution in [0.2, 0.25) is 0 Å². The molecule has 0 aliphatic heterocycles. The van der Waals surface area contributed by atoms with Crippen LogP contribution in [-0.2, 0) is 10.6 Å². The van der Waals surface area contributed by atoms with Crippen LogP contribution in [0.15, 0.2) is 0 Å². The summed E-state index contributed by atoms with van der Waals surface area (Å²) in [6.07, 6.45) is 0. The largest absolute Gasteiger partial charge is 0.425 e. The Labute approximate surface area is 52.0 Å². The van der Waals surface area contributed by atoms with E-state index in [9.17, 15) is 0 Å². The number of hydrogen-bond donors (Lipinski definition) is 2. The minimum atomic E-state index is -3.11. The van der Waals surface area contributed by atoms with Crippen molar-refractivity contribution in [3.63, 3.8) is 0 Å². The van der Waals surface area contributed by atoms with E-state index in [1.54, 1.807) is 0 Å². The highest BCUT2D eigenvalue weighted by Gasteiger charge is 1.60. The number of nitrogens with two attached hydrogens (primary N) is 2. The molecule has 6 N–H and O–H groups in total. The molecule has 0 atom stereocenters. The predicted octanol–water partition coefficient (Wildman–Crippen LogP) is -2.81. The summed E-state index contributed by atoms with van der Waals surface area (Å²) in [6, 6.07) is -0.833. The molecule has 0 fully saturated rings. The molecule has 0 bridgehead atoms. The van der Waals surface area contributed by atoms with Crippen LogP contribution in [-0.4, -0.2) is 24.1 Å². The van der Waals surface area contributed by atoms with E-state index in [0.29, 0.717) is 0 Å². The number of rotatable bonds is 0. The number of amides is 2. The Bertz CT molecular complexity index is 144. The summed E-state index contributed by atoms with van der Waals surface area (Å²) in [5.41, 5.74) is 8.50. The van der Waals surface area contributed by atoms with Crippen LogP contribution < -0.4 is 11.5 Å². The zero-order chi connectivity index (χ0) is 7.15. The molecule has 0 aromatic carbocycles. The first-order chi connectivity index (χ1) is 3.46. The molecule has 56 valence electrons. The Morgan fingerprint density at radius 2 is 1.11 bits per heavy atom. The normalized spacial score (nSPS) is 5.33. The van der Waals surface area contributed by atoms with E-state index < -0.39 is 16.6 Å². The highest BCUT2D eigenvalue weighted by Crippen LogP contribution is 1.25. The van der Waals surface area contributed by atoms with Crippen molar-refractivity contribution in [1.82, 2.24) is 0 Å². The van der Waals surface area contributed by atoms with Gasteiger partial charge in [-0.2, -0.15) is 0 Å². The highest BCUT2D eigenvalue weighted by molar-refractivity contribution is 7.59. The van der Waals surface area contributed by atoms with Gasteiger partial charge in [-0.05, 0) is 0 Å². The van der Waals surface area contributed by atoms with Crippen molar-refractivity contribution in [1.29, 1.82) is 0 Å². The van der Waals surface area contributed by atoms with Crippen LogP contribution in [0.4, 0.5) is 4.79 Å². The lowest BCUT2D eigenvalue weighted by atomic mass is 11.2. The standard InChI is InChI=1S/CH4N2O.O3S.H2O/c2-1(3)4;1-4(2)3;/h(H4,2,3,4);;1H2. The summed E-state index contributed by atoms with van der Waals surface area (Å²) in [7, 11) is -3.11. The number of hydrogen-bond acceptors (Lipinski definition) is 4. The third-order valence-corrected chi connectivity index (χ3v) is 0. The van der Waals surface area contributed by atoms with Crippen LogP contribution in [0.25, 0.3) is 0 Å². The maximum Gasteiger partial charge on any atom is 0.425 e. The second kappa shape index (κ2) is 9.97. The van der Waals surface area contributed by atoms with E-state index >= 15 is 0 Å². The molecule has 0 aromatic rings. The molecule has 0 aromatic heterocycles. The Morgan fingerprint density at radius 3 is 1.11 bits per heavy atom. The molecule has 0 saturated heterocycles. The number of urea groups is 1. The second-order valence-electron chi connectivity index (χ2n) is 0.606. The van der Waals surface area contributed by atoms with Gasteiger partial charge < -0.3 is 16.9 Å². The Kier molecular flexibility index (Phi) is 17.3. The van der Waals surface area contributed by atoms with E-state index in [1.165, 1.54) is 0 Å². The SMILES string of the molecule is NC(N)=O.O.O=S(=O)=O. The highest BCUT2D eigenvalue weighted by atomic mass is 32.2. The monoisotopic (exact) mass is 158 g/mol. The lowest BCUT2D eigenvalue weighted by Gasteiger charge is -1.62. The van der Waals surface area contributed by atoms with Crippen molar-refractivity contribution in [3.8, 4) is 0 Å². The first kappa shape index (κ1) is 15.7. The average Bonchev–Trinajstić information content (AvgIpc) is 1.25. The van der Waals surface area contributed by atoms with Gasteiger partial charge in [0.05, 0.1) is 0 Å². The van der Waals surface area contributed by atoms with Crippen LogP contribution in [0.1, 0.15) is 0 Å². The molecule has 0 aliphatic carbocycles. The molecule has 8 heteroatoms. The van der Waals surface area contributed by atoms with E-state index in [1.807, 2.05) is 0 Å². The van der Waals surface area contributed by atoms with Crippen LogP contribution in [0.3, 0.4) is 0 Å². The molecule has 0 saturated carbocycles. The van der Waals surface area contributed by atoms with Gasteiger partial charge in [-0.25, -0.2) is 4.79 Å². The summed E-state index contributed by atoms with van der Waals surface area (Å²) in [6.45, 7) is 0. The molecular weight excluding hydrogens is 152 g/mol. The van der Waals surface area contributed by atoms with Crippen molar-refractivity contribution < 1.29 is 22.9 Å². The average molecular weight is 158 g/mol. The van der Waals surface area contributed by atoms with Gasteiger partial charge in [-0.3, -0.25) is 0 Å². The van der Waals surface area contributed by atoms with Crippen molar-refractivity contribution in [2.75, 3.05) is 0 Å². The third kappa shape index (κ3) is 122. The van der Waals surface area contributed by atoms with Gasteiger partial charge in [0.15, 0.2) is 0 Å². The van der Waals surface area contributed by atoms with Crippen molar-refractivity contribution in [3.05, 3.63) is 0 Å². The predicted molar refractivity (Wildman–Crippen MR) is 27.1 cm³/mol. The fraction of sp³-hybridized carbons (Fsp3) is 0. The number of primary amides is 2. The molecule has 0 unspecified atom stereocenters. The first-order valence-corrected chi connectivity index (χ1v) is 2.28. The smallest absolute Gasteiger partial charge is 0.412 e. The zero-order valence-electron chi connectivity index (χ0n) is 4.20. The van der Waals surface area contributed by atoms with Gasteiger partial charge in [-0.1, -0.05) is 0 Å². The zero-order valence-corrected chi connectivity index (χ0v) is 5.01. The minimum absolute atomic E-state index is 0. The fourth-order valence-corrected chi connectivity index (χ4v) is 0. The van der Waals surface area contributed by atoms with E-state index in [2.05, 4.69) is 11.5 Å². The molecule has 0 radical (unpaired) electrons. The lowest BCUT2D eigenvalue weighted by Crippen LogP contribution is -2.18. The van der Waals surface area contributed by atoms with Gasteiger partial charge in [0, 0.05) is 0 Å². The quantitative estimate of drug-likeness (QED) is 0.390. The van der Waals surface area contributed by atoms with E-state index in [4.69, 9.17) is 17.4 Å². The van der Waals surface area contributed by atoms with Gasteiger partial charge in [0.1, 0.15) is 0 Å². The first-order valence-electron chi connectivity index (χ1n) is 1.28. The second-order valence-corrected chi connectivity index (χ2v) is 1.01. The van der Waals surface area contributed by atoms with Crippen molar-refractivity contribution in [2.24, 2.45) is 11.5 Å². The number of carbonyl (C=O) groups is 1. The van der Waals surface area contributed by atoms with Crippen LogP contribution in [0.5, 0.6) is 0 Å². The summed E-state index contributed by atoms with van der Waals surface area (Å²) in [5.74, 6) is 0. The third-order valence-electron chi connectivity index (χ3n) is 0. The summed E-state index contributed by atoms with van der Waals surface area (Å²) in [5, 5.41) is 0. The Morgan fingerprint density at radius 1 is 1.11 bits per heavy atom. The van der Waals surface area contributed by atoms with Crippen molar-refractivity contribution >= 4 is 16.6 Å². The Balaban J connectivity index is -0.0000000720. The minimum Gasteiger partial charge on any atom is -0.412 e. The maximum atomic E-state index is 9.00. The van der Waals surface area contributed by atoms with E-state index in [0.717, 1.165) is 0 Å². The molecule has 9 heavy (non-hydrogen) atoms. The molecule has 2 amide bonds. The number of carbonyl (C=O) groups excluding carboxylic acids is 1. The van der Waals surface area contributed by atoms with E-state index in [-0.39, 0.29) is 5.48 Å². The van der Waals surface area contributed by atoms with Crippen molar-refractivity contribution in [2.45, 2.75) is 0 Å². The van der Waals surface area contributed by atoms with Gasteiger partial charge in [0.25, 0.3) is 0 Å². The fourth-order valence-electron chi connectivity index (χ4n) is 0. The molecule has 0 spiro atoms. The van der Waals surface area contributed by atoms with Crippen LogP contribution >= 0.6 is 0 Å². The lowest BCUT2D eigenvalue weighted by molar-refractivity contribution is 0.256. The molecule has 0 rings (SSSR count). The molecule has 0 heterocycles. The molecular formula is CH6N2O5S. The van der Waals surface area contributed by atoms with Crippen LogP contribution in [0, 0.1) is 0 Å².